The van der Waals surface area contributed by atoms with Crippen molar-refractivity contribution in [1.82, 2.24) is 26.5 Å². The SMILES string of the molecule is COc1ccc(CC(=O)NC2CC([C@@H]3CC[C@H](OC(=O)NC4CCC(O)CC4)C3)NN2)nc1. The third-order valence-corrected chi connectivity index (χ3v) is 6.93. The minimum atomic E-state index is -0.350. The normalized spacial score (nSPS) is 31.7. The van der Waals surface area contributed by atoms with Gasteiger partial charge in [0.2, 0.25) is 5.91 Å². The molecule has 1 aromatic rings. The predicted octanol–water partition coefficient (Wildman–Crippen LogP) is 1.14. The van der Waals surface area contributed by atoms with E-state index in [9.17, 15) is 14.7 Å². The maximum atomic E-state index is 12.4. The maximum Gasteiger partial charge on any atom is 0.407 e. The molecule has 2 aliphatic carbocycles. The molecule has 10 heteroatoms. The van der Waals surface area contributed by atoms with Gasteiger partial charge < -0.3 is 25.2 Å². The Kier molecular flexibility index (Phi) is 8.00. The maximum absolute atomic E-state index is 12.4. The van der Waals surface area contributed by atoms with Crippen LogP contribution in [0.3, 0.4) is 0 Å². The van der Waals surface area contributed by atoms with Gasteiger partial charge in [-0.15, -0.1) is 0 Å². The summed E-state index contributed by atoms with van der Waals surface area (Å²) in [5.41, 5.74) is 7.16. The molecule has 4 atom stereocenters. The molecule has 5 N–H and O–H groups in total. The lowest BCUT2D eigenvalue weighted by atomic mass is 9.93. The Bertz CT molecular complexity index is 799. The number of aliphatic hydroxyl groups is 1. The highest BCUT2D eigenvalue weighted by Crippen LogP contribution is 2.33. The molecule has 10 nitrogen and oxygen atoms in total. The average Bonchev–Trinajstić information content (AvgIpc) is 3.45. The highest BCUT2D eigenvalue weighted by atomic mass is 16.6. The first kappa shape index (κ1) is 23.7. The molecule has 4 rings (SSSR count). The van der Waals surface area contributed by atoms with E-state index in [1.165, 1.54) is 0 Å². The summed E-state index contributed by atoms with van der Waals surface area (Å²) in [6.07, 6.45) is 7.44. The number of aromatic nitrogens is 1. The first-order valence-electron chi connectivity index (χ1n) is 11.9. The van der Waals surface area contributed by atoms with Gasteiger partial charge in [0, 0.05) is 17.8 Å². The highest BCUT2D eigenvalue weighted by Gasteiger charge is 2.37. The van der Waals surface area contributed by atoms with Crippen molar-refractivity contribution in [1.29, 1.82) is 0 Å². The van der Waals surface area contributed by atoms with Crippen molar-refractivity contribution in [2.45, 2.75) is 88.2 Å². The second-order valence-corrected chi connectivity index (χ2v) is 9.37. The summed E-state index contributed by atoms with van der Waals surface area (Å²) >= 11 is 0. The van der Waals surface area contributed by atoms with Crippen LogP contribution in [-0.2, 0) is 16.0 Å². The van der Waals surface area contributed by atoms with Crippen LogP contribution in [0.15, 0.2) is 18.3 Å². The fourth-order valence-corrected chi connectivity index (χ4v) is 5.05. The molecule has 1 saturated heterocycles. The number of methoxy groups -OCH3 is 1. The van der Waals surface area contributed by atoms with Gasteiger partial charge in [0.05, 0.1) is 32.0 Å². The van der Waals surface area contributed by atoms with Gasteiger partial charge in [0.25, 0.3) is 0 Å². The van der Waals surface area contributed by atoms with E-state index < -0.39 is 0 Å². The minimum Gasteiger partial charge on any atom is -0.495 e. The van der Waals surface area contributed by atoms with Crippen LogP contribution in [0.2, 0.25) is 0 Å². The number of amides is 2. The van der Waals surface area contributed by atoms with Crippen LogP contribution in [0.25, 0.3) is 0 Å². The van der Waals surface area contributed by atoms with E-state index in [4.69, 9.17) is 9.47 Å². The summed E-state index contributed by atoms with van der Waals surface area (Å²) < 4.78 is 10.7. The third kappa shape index (κ3) is 6.78. The molecule has 2 unspecified atom stereocenters. The second kappa shape index (κ2) is 11.1. The van der Waals surface area contributed by atoms with Crippen LogP contribution in [0.1, 0.15) is 57.1 Å². The van der Waals surface area contributed by atoms with Gasteiger partial charge in [-0.1, -0.05) is 0 Å². The van der Waals surface area contributed by atoms with Crippen molar-refractivity contribution in [2.75, 3.05) is 7.11 Å². The van der Waals surface area contributed by atoms with E-state index in [-0.39, 0.29) is 48.9 Å². The lowest BCUT2D eigenvalue weighted by molar-refractivity contribution is -0.121. The molecule has 0 aromatic carbocycles. The molecular weight excluding hydrogens is 426 g/mol. The number of aliphatic hydroxyl groups excluding tert-OH is 1. The Labute approximate surface area is 194 Å². The largest absolute Gasteiger partial charge is 0.495 e. The Hall–Kier alpha value is -2.43. The quantitative estimate of drug-likeness (QED) is 0.408. The number of hydrogen-bond acceptors (Lipinski definition) is 8. The summed E-state index contributed by atoms with van der Waals surface area (Å²) in [7, 11) is 1.58. The van der Waals surface area contributed by atoms with E-state index in [2.05, 4.69) is 26.5 Å². The number of alkyl carbamates (subject to hydrolysis) is 1. The van der Waals surface area contributed by atoms with E-state index >= 15 is 0 Å². The van der Waals surface area contributed by atoms with Gasteiger partial charge in [-0.3, -0.25) is 15.2 Å². The number of nitrogens with one attached hydrogen (secondary N) is 4. The molecule has 2 saturated carbocycles. The van der Waals surface area contributed by atoms with Crippen LogP contribution in [-0.4, -0.2) is 59.7 Å². The number of carbonyl (C=O) groups excluding carboxylic acids is 2. The van der Waals surface area contributed by atoms with Gasteiger partial charge >= 0.3 is 6.09 Å². The molecule has 3 aliphatic rings. The summed E-state index contributed by atoms with van der Waals surface area (Å²) in [4.78, 5) is 28.9. The van der Waals surface area contributed by atoms with Gasteiger partial charge in [0.15, 0.2) is 0 Å². The van der Waals surface area contributed by atoms with Crippen molar-refractivity contribution >= 4 is 12.0 Å². The molecule has 0 spiro atoms. The molecule has 2 heterocycles. The Balaban J connectivity index is 1.15. The number of nitrogens with zero attached hydrogens (tertiary/aromatic N) is 1. The summed E-state index contributed by atoms with van der Waals surface area (Å²) in [5, 5.41) is 15.5. The summed E-state index contributed by atoms with van der Waals surface area (Å²) in [6, 6.07) is 3.88. The zero-order valence-corrected chi connectivity index (χ0v) is 19.1. The van der Waals surface area contributed by atoms with Gasteiger partial charge in [-0.05, 0) is 69.4 Å². The molecule has 1 aliphatic heterocycles. The molecule has 33 heavy (non-hydrogen) atoms. The van der Waals surface area contributed by atoms with Crippen molar-refractivity contribution in [2.24, 2.45) is 5.92 Å². The van der Waals surface area contributed by atoms with Gasteiger partial charge in [0.1, 0.15) is 11.9 Å². The minimum absolute atomic E-state index is 0.0826. The number of hydrazine groups is 1. The monoisotopic (exact) mass is 461 g/mol. The number of ether oxygens (including phenoxy) is 2. The third-order valence-electron chi connectivity index (χ3n) is 6.93. The topological polar surface area (TPSA) is 134 Å². The van der Waals surface area contributed by atoms with Crippen molar-refractivity contribution < 1.29 is 24.2 Å². The molecule has 3 fully saturated rings. The smallest absolute Gasteiger partial charge is 0.407 e. The lowest BCUT2D eigenvalue weighted by Crippen LogP contribution is -2.45. The number of carbonyl (C=O) groups is 2. The van der Waals surface area contributed by atoms with Gasteiger partial charge in [-0.2, -0.15) is 0 Å². The van der Waals surface area contributed by atoms with Crippen LogP contribution in [0.4, 0.5) is 4.79 Å². The Morgan fingerprint density at radius 2 is 1.91 bits per heavy atom. The number of hydrogen-bond donors (Lipinski definition) is 5. The summed E-state index contributed by atoms with van der Waals surface area (Å²) in [5.74, 6) is 0.950. The average molecular weight is 462 g/mol. The molecule has 0 bridgehead atoms. The zero-order valence-electron chi connectivity index (χ0n) is 19.1. The molecule has 1 aromatic heterocycles. The zero-order chi connectivity index (χ0) is 23.2. The van der Waals surface area contributed by atoms with Crippen LogP contribution in [0.5, 0.6) is 5.75 Å². The highest BCUT2D eigenvalue weighted by molar-refractivity contribution is 5.78. The van der Waals surface area contributed by atoms with Crippen LogP contribution >= 0.6 is 0 Å². The van der Waals surface area contributed by atoms with E-state index in [1.54, 1.807) is 25.4 Å². The number of rotatable bonds is 7. The van der Waals surface area contributed by atoms with E-state index in [0.717, 1.165) is 51.4 Å². The molecule has 0 radical (unpaired) electrons. The standard InChI is InChI=1S/C23H35N5O5/c1-32-19-9-5-16(24-13-19)11-22(30)26-21-12-20(27-28-21)14-2-8-18(10-14)33-23(31)25-15-3-6-17(29)7-4-15/h5,9,13-15,17-18,20-21,27-29H,2-4,6-8,10-12H2,1H3,(H,25,31)(H,26,30)/t14-,15?,17?,18+,20?,21?/m1/s1. The summed E-state index contributed by atoms with van der Waals surface area (Å²) in [6.45, 7) is 0. The fourth-order valence-electron chi connectivity index (χ4n) is 5.05. The van der Waals surface area contributed by atoms with E-state index in [0.29, 0.717) is 17.4 Å². The predicted molar refractivity (Wildman–Crippen MR) is 120 cm³/mol. The van der Waals surface area contributed by atoms with E-state index in [1.807, 2.05) is 0 Å². The van der Waals surface area contributed by atoms with Crippen molar-refractivity contribution in [3.8, 4) is 5.75 Å². The molecule has 2 amide bonds. The van der Waals surface area contributed by atoms with Crippen molar-refractivity contribution in [3.63, 3.8) is 0 Å². The molecule has 182 valence electrons. The molecular formula is C23H35N5O5. The Morgan fingerprint density at radius 3 is 2.64 bits per heavy atom. The second-order valence-electron chi connectivity index (χ2n) is 9.37. The fraction of sp³-hybridized carbons (Fsp3) is 0.696. The first-order chi connectivity index (χ1) is 16.0. The first-order valence-corrected chi connectivity index (χ1v) is 11.9. The lowest BCUT2D eigenvalue weighted by Gasteiger charge is -2.26. The Morgan fingerprint density at radius 1 is 1.09 bits per heavy atom. The number of pyridine rings is 1. The van der Waals surface area contributed by atoms with Crippen molar-refractivity contribution in [3.05, 3.63) is 24.0 Å². The van der Waals surface area contributed by atoms with Crippen LogP contribution < -0.4 is 26.2 Å². The van der Waals surface area contributed by atoms with Gasteiger partial charge in [-0.25, -0.2) is 10.2 Å². The van der Waals surface area contributed by atoms with Crippen LogP contribution in [0, 0.1) is 5.92 Å².